The SMILES string of the molecule is CN(C)CCCCC1(N)C=CNC(Nc2cc(F)ccc2F)=N1. The van der Waals surface area contributed by atoms with Gasteiger partial charge in [0.15, 0.2) is 0 Å². The Hall–Kier alpha value is -1.99. The van der Waals surface area contributed by atoms with Crippen molar-refractivity contribution in [3.05, 3.63) is 42.1 Å². The number of hydrogen-bond acceptors (Lipinski definition) is 5. The number of nitrogens with one attached hydrogen (secondary N) is 2. The first-order valence-corrected chi connectivity index (χ1v) is 7.58. The summed E-state index contributed by atoms with van der Waals surface area (Å²) in [5.41, 5.74) is 5.42. The molecule has 2 rings (SSSR count). The van der Waals surface area contributed by atoms with Crippen LogP contribution in [0.2, 0.25) is 0 Å². The first-order valence-electron chi connectivity index (χ1n) is 7.58. The Labute approximate surface area is 135 Å². The maximum Gasteiger partial charge on any atom is 0.202 e. The lowest BCUT2D eigenvalue weighted by Crippen LogP contribution is -2.44. The number of aliphatic imine (C=N–C) groups is 1. The van der Waals surface area contributed by atoms with Gasteiger partial charge in [0.05, 0.1) is 5.69 Å². The van der Waals surface area contributed by atoms with Gasteiger partial charge in [-0.05, 0) is 58.1 Å². The smallest absolute Gasteiger partial charge is 0.202 e. The number of anilines is 1. The van der Waals surface area contributed by atoms with Crippen molar-refractivity contribution in [3.8, 4) is 0 Å². The molecule has 0 saturated heterocycles. The maximum atomic E-state index is 13.7. The topological polar surface area (TPSA) is 65.7 Å². The van der Waals surface area contributed by atoms with Gasteiger partial charge in [-0.2, -0.15) is 0 Å². The Morgan fingerprint density at radius 3 is 2.83 bits per heavy atom. The third-order valence-electron chi connectivity index (χ3n) is 3.53. The van der Waals surface area contributed by atoms with Gasteiger partial charge in [0, 0.05) is 12.3 Å². The van der Waals surface area contributed by atoms with Gasteiger partial charge in [-0.1, -0.05) is 0 Å². The van der Waals surface area contributed by atoms with Gasteiger partial charge < -0.3 is 21.3 Å². The summed E-state index contributed by atoms with van der Waals surface area (Å²) in [6.45, 7) is 0.987. The van der Waals surface area contributed by atoms with Crippen LogP contribution in [0, 0.1) is 11.6 Å². The monoisotopic (exact) mass is 323 g/mol. The summed E-state index contributed by atoms with van der Waals surface area (Å²) in [4.78, 5) is 6.49. The lowest BCUT2D eigenvalue weighted by atomic mass is 10.0. The molecule has 23 heavy (non-hydrogen) atoms. The van der Waals surface area contributed by atoms with Crippen molar-refractivity contribution in [3.63, 3.8) is 0 Å². The number of guanidine groups is 1. The van der Waals surface area contributed by atoms with Crippen molar-refractivity contribution in [2.75, 3.05) is 26.0 Å². The molecule has 0 radical (unpaired) electrons. The Morgan fingerprint density at radius 1 is 1.30 bits per heavy atom. The summed E-state index contributed by atoms with van der Waals surface area (Å²) in [6.07, 6.45) is 6.05. The Balaban J connectivity index is 1.99. The van der Waals surface area contributed by atoms with E-state index in [0.717, 1.165) is 37.6 Å². The minimum atomic E-state index is -0.844. The van der Waals surface area contributed by atoms with E-state index in [0.29, 0.717) is 12.4 Å². The van der Waals surface area contributed by atoms with Gasteiger partial charge in [0.2, 0.25) is 5.96 Å². The largest absolute Gasteiger partial charge is 0.333 e. The number of nitrogens with zero attached hydrogens (tertiary/aromatic N) is 2. The fourth-order valence-corrected chi connectivity index (χ4v) is 2.30. The summed E-state index contributed by atoms with van der Waals surface area (Å²) in [6, 6.07) is 3.20. The lowest BCUT2D eigenvalue weighted by Gasteiger charge is -2.27. The molecule has 0 fully saturated rings. The zero-order valence-electron chi connectivity index (χ0n) is 13.4. The highest BCUT2D eigenvalue weighted by molar-refractivity contribution is 5.95. The molecule has 1 aliphatic heterocycles. The van der Waals surface area contributed by atoms with Crippen LogP contribution in [0.3, 0.4) is 0 Å². The Kier molecular flexibility index (Phi) is 5.68. The number of hydrogen-bond donors (Lipinski definition) is 3. The molecule has 1 unspecified atom stereocenters. The van der Waals surface area contributed by atoms with Crippen LogP contribution in [0.15, 0.2) is 35.5 Å². The number of unbranched alkanes of at least 4 members (excludes halogenated alkanes) is 1. The molecule has 7 heteroatoms. The van der Waals surface area contributed by atoms with Crippen molar-refractivity contribution >= 4 is 11.6 Å². The highest BCUT2D eigenvalue weighted by Crippen LogP contribution is 2.19. The fourth-order valence-electron chi connectivity index (χ4n) is 2.30. The van der Waals surface area contributed by atoms with Crippen LogP contribution < -0.4 is 16.4 Å². The summed E-state index contributed by atoms with van der Waals surface area (Å²) in [5, 5.41) is 5.60. The molecule has 1 atom stereocenters. The molecule has 5 nitrogen and oxygen atoms in total. The molecule has 126 valence electrons. The van der Waals surface area contributed by atoms with Crippen molar-refractivity contribution in [2.24, 2.45) is 10.7 Å². The molecule has 1 aromatic carbocycles. The standard InChI is InChI=1S/C16H23F2N5/c1-23(2)10-4-3-7-16(19)8-9-20-15(22-16)21-14-11-12(17)5-6-13(14)18/h5-6,8-9,11H,3-4,7,10,19H2,1-2H3,(H2,20,21,22). The molecular formula is C16H23F2N5. The number of nitrogens with two attached hydrogens (primary N) is 1. The van der Waals surface area contributed by atoms with E-state index in [-0.39, 0.29) is 5.69 Å². The molecule has 1 heterocycles. The first kappa shape index (κ1) is 17.4. The first-order chi connectivity index (χ1) is 10.9. The second-order valence-electron chi connectivity index (χ2n) is 5.94. The molecule has 0 aromatic heterocycles. The van der Waals surface area contributed by atoms with Crippen LogP contribution in [0.4, 0.5) is 14.5 Å². The predicted molar refractivity (Wildman–Crippen MR) is 89.0 cm³/mol. The molecule has 0 spiro atoms. The van der Waals surface area contributed by atoms with Crippen LogP contribution in [-0.2, 0) is 0 Å². The van der Waals surface area contributed by atoms with Crippen LogP contribution in [0.25, 0.3) is 0 Å². The normalized spacial score (nSPS) is 20.3. The van der Waals surface area contributed by atoms with E-state index < -0.39 is 17.3 Å². The number of rotatable bonds is 6. The van der Waals surface area contributed by atoms with Gasteiger partial charge in [-0.15, -0.1) is 0 Å². The van der Waals surface area contributed by atoms with E-state index in [1.807, 2.05) is 14.1 Å². The Morgan fingerprint density at radius 2 is 2.09 bits per heavy atom. The van der Waals surface area contributed by atoms with E-state index >= 15 is 0 Å². The average molecular weight is 323 g/mol. The van der Waals surface area contributed by atoms with E-state index in [9.17, 15) is 8.78 Å². The minimum Gasteiger partial charge on any atom is -0.333 e. The van der Waals surface area contributed by atoms with Gasteiger partial charge >= 0.3 is 0 Å². The predicted octanol–water partition coefficient (Wildman–Crippen LogP) is 2.24. The second-order valence-corrected chi connectivity index (χ2v) is 5.94. The quantitative estimate of drug-likeness (QED) is 0.703. The third kappa shape index (κ3) is 5.30. The van der Waals surface area contributed by atoms with Gasteiger partial charge in [0.1, 0.15) is 17.3 Å². The van der Waals surface area contributed by atoms with Crippen molar-refractivity contribution in [2.45, 2.75) is 24.9 Å². The molecule has 0 aliphatic carbocycles. The fraction of sp³-hybridized carbons (Fsp3) is 0.438. The highest BCUT2D eigenvalue weighted by Gasteiger charge is 2.24. The van der Waals surface area contributed by atoms with Crippen LogP contribution in [-0.4, -0.2) is 37.2 Å². The maximum absolute atomic E-state index is 13.7. The summed E-state index contributed by atoms with van der Waals surface area (Å²) in [5.74, 6) is -0.783. The lowest BCUT2D eigenvalue weighted by molar-refractivity contribution is 0.376. The van der Waals surface area contributed by atoms with E-state index in [4.69, 9.17) is 5.73 Å². The van der Waals surface area contributed by atoms with Crippen molar-refractivity contribution < 1.29 is 8.78 Å². The summed E-state index contributed by atoms with van der Waals surface area (Å²) < 4.78 is 26.9. The second kappa shape index (κ2) is 7.52. The Bertz CT molecular complexity index is 600. The van der Waals surface area contributed by atoms with Gasteiger partial charge in [0.25, 0.3) is 0 Å². The molecule has 0 amide bonds. The highest BCUT2D eigenvalue weighted by atomic mass is 19.1. The van der Waals surface area contributed by atoms with Crippen LogP contribution in [0.5, 0.6) is 0 Å². The number of halogens is 2. The average Bonchev–Trinajstić information content (AvgIpc) is 2.47. The summed E-state index contributed by atoms with van der Waals surface area (Å²) >= 11 is 0. The van der Waals surface area contributed by atoms with E-state index in [1.165, 1.54) is 0 Å². The van der Waals surface area contributed by atoms with Crippen LogP contribution in [0.1, 0.15) is 19.3 Å². The molecule has 4 N–H and O–H groups in total. The molecular weight excluding hydrogens is 300 g/mol. The molecule has 1 aromatic rings. The molecule has 1 aliphatic rings. The van der Waals surface area contributed by atoms with Crippen molar-refractivity contribution in [1.29, 1.82) is 0 Å². The minimum absolute atomic E-state index is 0.0153. The molecule has 0 saturated carbocycles. The van der Waals surface area contributed by atoms with E-state index in [2.05, 4.69) is 20.5 Å². The van der Waals surface area contributed by atoms with Crippen LogP contribution >= 0.6 is 0 Å². The zero-order valence-corrected chi connectivity index (χ0v) is 13.4. The van der Waals surface area contributed by atoms with Gasteiger partial charge in [-0.3, -0.25) is 0 Å². The summed E-state index contributed by atoms with van der Waals surface area (Å²) in [7, 11) is 4.05. The van der Waals surface area contributed by atoms with Gasteiger partial charge in [-0.25, -0.2) is 13.8 Å². The van der Waals surface area contributed by atoms with Crippen molar-refractivity contribution in [1.82, 2.24) is 10.2 Å². The number of benzene rings is 1. The zero-order chi connectivity index (χ0) is 16.9. The third-order valence-corrected chi connectivity index (χ3v) is 3.53. The molecule has 0 bridgehead atoms. The van der Waals surface area contributed by atoms with E-state index in [1.54, 1.807) is 12.3 Å².